The molecule has 0 unspecified atom stereocenters. The molecule has 5 nitrogen and oxygen atoms in total. The van der Waals surface area contributed by atoms with Gasteiger partial charge in [-0.25, -0.2) is 0 Å². The molecule has 21 heavy (non-hydrogen) atoms. The van der Waals surface area contributed by atoms with Gasteiger partial charge in [0.25, 0.3) is 5.91 Å². The van der Waals surface area contributed by atoms with E-state index < -0.39 is 0 Å². The highest BCUT2D eigenvalue weighted by Crippen LogP contribution is 2.22. The first-order valence-electron chi connectivity index (χ1n) is 6.70. The summed E-state index contributed by atoms with van der Waals surface area (Å²) in [5, 5.41) is 2.90. The number of nitrogens with one attached hydrogen (secondary N) is 1. The number of nitrogens with two attached hydrogens (primary N) is 1. The number of carbonyl (C=O) groups is 1. The Kier molecular flexibility index (Phi) is 5.96. The van der Waals surface area contributed by atoms with Crippen LogP contribution in [0, 0.1) is 0 Å². The van der Waals surface area contributed by atoms with Gasteiger partial charge in [0.05, 0.1) is 7.11 Å². The third-order valence-electron chi connectivity index (χ3n) is 3.13. The number of thiocarbonyl (C=S) groups is 1. The summed E-state index contributed by atoms with van der Waals surface area (Å²) in [6, 6.07) is 5.08. The first-order chi connectivity index (χ1) is 9.77. The molecule has 116 valence electrons. The van der Waals surface area contributed by atoms with Gasteiger partial charge in [-0.3, -0.25) is 4.79 Å². The molecule has 0 aliphatic rings. The monoisotopic (exact) mass is 310 g/mol. The number of hydrogen-bond acceptors (Lipinski definition) is 4. The molecule has 0 fully saturated rings. The molecule has 0 saturated heterocycles. The van der Waals surface area contributed by atoms with Gasteiger partial charge in [-0.05, 0) is 32.4 Å². The van der Waals surface area contributed by atoms with Crippen molar-refractivity contribution in [3.8, 4) is 11.5 Å². The molecule has 0 saturated carbocycles. The number of methoxy groups -OCH3 is 1. The van der Waals surface area contributed by atoms with E-state index >= 15 is 0 Å². The Balaban J connectivity index is 2.73. The van der Waals surface area contributed by atoms with Crippen LogP contribution in [0.15, 0.2) is 18.2 Å². The lowest BCUT2D eigenvalue weighted by atomic mass is 10.0. The highest BCUT2D eigenvalue weighted by Gasteiger charge is 2.18. The van der Waals surface area contributed by atoms with E-state index in [1.54, 1.807) is 25.3 Å². The first kappa shape index (κ1) is 17.2. The van der Waals surface area contributed by atoms with Crippen molar-refractivity contribution in [2.75, 3.05) is 13.7 Å². The van der Waals surface area contributed by atoms with Crippen LogP contribution in [0.4, 0.5) is 0 Å². The smallest absolute Gasteiger partial charge is 0.258 e. The van der Waals surface area contributed by atoms with Crippen molar-refractivity contribution >= 4 is 23.1 Å². The number of amides is 1. The highest BCUT2D eigenvalue weighted by atomic mass is 32.1. The summed E-state index contributed by atoms with van der Waals surface area (Å²) in [6.07, 6.45) is 0.837. The summed E-state index contributed by atoms with van der Waals surface area (Å²) in [5.74, 6) is 0.882. The molecular weight excluding hydrogens is 288 g/mol. The molecule has 1 aromatic carbocycles. The van der Waals surface area contributed by atoms with E-state index in [-0.39, 0.29) is 23.0 Å². The van der Waals surface area contributed by atoms with Crippen LogP contribution < -0.4 is 20.5 Å². The van der Waals surface area contributed by atoms with Crippen molar-refractivity contribution in [1.29, 1.82) is 0 Å². The quantitative estimate of drug-likeness (QED) is 0.754. The molecule has 1 aromatic rings. The van der Waals surface area contributed by atoms with Gasteiger partial charge in [0.2, 0.25) is 0 Å². The summed E-state index contributed by atoms with van der Waals surface area (Å²) in [5.41, 5.74) is 5.99. The third-order valence-corrected chi connectivity index (χ3v) is 3.37. The van der Waals surface area contributed by atoms with Crippen LogP contribution in [-0.4, -0.2) is 30.2 Å². The minimum Gasteiger partial charge on any atom is -0.497 e. The van der Waals surface area contributed by atoms with Crippen LogP contribution in [-0.2, 0) is 4.79 Å². The Bertz CT molecular complexity index is 530. The van der Waals surface area contributed by atoms with Crippen molar-refractivity contribution in [3.05, 3.63) is 23.8 Å². The average molecular weight is 310 g/mol. The van der Waals surface area contributed by atoms with Gasteiger partial charge >= 0.3 is 0 Å². The predicted octanol–water partition coefficient (Wildman–Crippen LogP) is 2.01. The van der Waals surface area contributed by atoms with E-state index in [0.717, 1.165) is 6.42 Å². The molecule has 0 heterocycles. The van der Waals surface area contributed by atoms with Gasteiger partial charge in [-0.2, -0.15) is 0 Å². The summed E-state index contributed by atoms with van der Waals surface area (Å²) in [4.78, 5) is 12.1. The summed E-state index contributed by atoms with van der Waals surface area (Å²) < 4.78 is 10.6. The fraction of sp³-hybridized carbons (Fsp3) is 0.467. The van der Waals surface area contributed by atoms with Gasteiger partial charge < -0.3 is 20.5 Å². The zero-order chi connectivity index (χ0) is 16.0. The maximum Gasteiger partial charge on any atom is 0.258 e. The van der Waals surface area contributed by atoms with Gasteiger partial charge in [0.1, 0.15) is 16.5 Å². The second-order valence-corrected chi connectivity index (χ2v) is 5.78. The third kappa shape index (κ3) is 5.59. The van der Waals surface area contributed by atoms with Crippen LogP contribution in [0.5, 0.6) is 11.5 Å². The number of benzene rings is 1. The lowest BCUT2D eigenvalue weighted by Gasteiger charge is -2.24. The summed E-state index contributed by atoms with van der Waals surface area (Å²) in [7, 11) is 1.54. The number of carbonyl (C=O) groups excluding carboxylic acids is 1. The Morgan fingerprint density at radius 1 is 1.33 bits per heavy atom. The largest absolute Gasteiger partial charge is 0.497 e. The van der Waals surface area contributed by atoms with Crippen LogP contribution >= 0.6 is 12.2 Å². The van der Waals surface area contributed by atoms with E-state index in [2.05, 4.69) is 5.32 Å². The summed E-state index contributed by atoms with van der Waals surface area (Å²) in [6.45, 7) is 5.86. The van der Waals surface area contributed by atoms with Crippen LogP contribution in [0.25, 0.3) is 0 Å². The van der Waals surface area contributed by atoms with Crippen molar-refractivity contribution < 1.29 is 14.3 Å². The molecule has 1 amide bonds. The van der Waals surface area contributed by atoms with Crippen molar-refractivity contribution in [1.82, 2.24) is 5.32 Å². The lowest BCUT2D eigenvalue weighted by Crippen LogP contribution is -2.44. The van der Waals surface area contributed by atoms with Gasteiger partial charge in [-0.1, -0.05) is 19.1 Å². The Hall–Kier alpha value is -1.82. The fourth-order valence-electron chi connectivity index (χ4n) is 1.57. The molecule has 0 atom stereocenters. The van der Waals surface area contributed by atoms with E-state index in [9.17, 15) is 4.79 Å². The lowest BCUT2D eigenvalue weighted by molar-refractivity contribution is -0.124. The van der Waals surface area contributed by atoms with Gasteiger partial charge in [0.15, 0.2) is 6.61 Å². The normalized spacial score (nSPS) is 10.9. The molecule has 3 N–H and O–H groups in total. The molecule has 6 heteroatoms. The van der Waals surface area contributed by atoms with E-state index in [1.165, 1.54) is 0 Å². The highest BCUT2D eigenvalue weighted by molar-refractivity contribution is 7.80. The molecule has 1 rings (SSSR count). The minimum atomic E-state index is -0.251. The van der Waals surface area contributed by atoms with Crippen LogP contribution in [0.2, 0.25) is 0 Å². The maximum atomic E-state index is 11.8. The van der Waals surface area contributed by atoms with E-state index in [0.29, 0.717) is 17.1 Å². The second-order valence-electron chi connectivity index (χ2n) is 5.34. The van der Waals surface area contributed by atoms with Crippen LogP contribution in [0.3, 0.4) is 0 Å². The fourth-order valence-corrected chi connectivity index (χ4v) is 1.68. The van der Waals surface area contributed by atoms with Gasteiger partial charge in [0, 0.05) is 17.2 Å². The zero-order valence-electron chi connectivity index (χ0n) is 12.9. The first-order valence-corrected chi connectivity index (χ1v) is 7.11. The Morgan fingerprint density at radius 3 is 2.48 bits per heavy atom. The molecular formula is C15H22N2O3S. The SMILES string of the molecule is CCC(C)(C)NC(=O)COc1cc(OC)cc(C(N)=S)c1. The maximum absolute atomic E-state index is 11.8. The number of rotatable bonds is 7. The molecule has 0 spiro atoms. The van der Waals surface area contributed by atoms with Gasteiger partial charge in [-0.15, -0.1) is 0 Å². The molecule has 0 bridgehead atoms. The predicted molar refractivity (Wildman–Crippen MR) is 86.9 cm³/mol. The van der Waals surface area contributed by atoms with Crippen molar-refractivity contribution in [2.45, 2.75) is 32.7 Å². The zero-order valence-corrected chi connectivity index (χ0v) is 13.7. The van der Waals surface area contributed by atoms with Crippen molar-refractivity contribution in [3.63, 3.8) is 0 Å². The molecule has 0 aliphatic heterocycles. The number of ether oxygens (including phenoxy) is 2. The van der Waals surface area contributed by atoms with E-state index in [1.807, 2.05) is 20.8 Å². The molecule has 0 aliphatic carbocycles. The van der Waals surface area contributed by atoms with E-state index in [4.69, 9.17) is 27.4 Å². The molecule has 0 radical (unpaired) electrons. The molecule has 0 aromatic heterocycles. The Morgan fingerprint density at radius 2 is 1.95 bits per heavy atom. The summed E-state index contributed by atoms with van der Waals surface area (Å²) >= 11 is 4.94. The topological polar surface area (TPSA) is 73.6 Å². The van der Waals surface area contributed by atoms with Crippen LogP contribution in [0.1, 0.15) is 32.8 Å². The average Bonchev–Trinajstić information content (AvgIpc) is 2.44. The minimum absolute atomic E-state index is 0.0760. The second kappa shape index (κ2) is 7.26. The standard InChI is InChI=1S/C15H22N2O3S/c1-5-15(2,3)17-13(18)9-20-12-7-10(14(16)21)6-11(8-12)19-4/h6-8H,5,9H2,1-4H3,(H2,16,21)(H,17,18). The van der Waals surface area contributed by atoms with Crippen molar-refractivity contribution in [2.24, 2.45) is 5.73 Å². The number of hydrogen-bond donors (Lipinski definition) is 2. The Labute approximate surface area is 130 Å².